The van der Waals surface area contributed by atoms with Crippen LogP contribution in [0.1, 0.15) is 27.2 Å². The second-order valence-corrected chi connectivity index (χ2v) is 5.24. The van der Waals surface area contributed by atoms with Crippen molar-refractivity contribution < 1.29 is 9.90 Å². The average Bonchev–Trinajstić information content (AvgIpc) is 1.97. The monoisotopic (exact) mass is 183 g/mol. The van der Waals surface area contributed by atoms with Crippen LogP contribution in [0.5, 0.6) is 0 Å². The molecule has 1 aliphatic carbocycles. The van der Waals surface area contributed by atoms with E-state index in [2.05, 4.69) is 0 Å². The second kappa shape index (κ2) is 2.47. The number of hydrogen-bond donors (Lipinski definition) is 1. The Balaban J connectivity index is 1.96. The minimum absolute atomic E-state index is 0.144. The minimum atomic E-state index is -0.272. The van der Waals surface area contributed by atoms with Crippen LogP contribution in [0.25, 0.3) is 0 Å². The molecule has 1 saturated carbocycles. The molecule has 0 spiro atoms. The van der Waals surface area contributed by atoms with Gasteiger partial charge in [-0.15, -0.1) is 0 Å². The molecule has 0 bridgehead atoms. The number of likely N-dealkylation sites (tertiary alicyclic amines) is 1. The number of rotatable bonds is 0. The Morgan fingerprint density at radius 3 is 2.38 bits per heavy atom. The molecule has 3 heteroatoms. The fourth-order valence-electron chi connectivity index (χ4n) is 2.15. The molecule has 1 aliphatic heterocycles. The summed E-state index contributed by atoms with van der Waals surface area (Å²) in [7, 11) is 0. The van der Waals surface area contributed by atoms with Gasteiger partial charge in [0.2, 0.25) is 5.91 Å². The third kappa shape index (κ3) is 1.17. The van der Waals surface area contributed by atoms with Gasteiger partial charge in [0.25, 0.3) is 0 Å². The molecular formula is C10H17NO2. The van der Waals surface area contributed by atoms with Crippen LogP contribution in [0.2, 0.25) is 0 Å². The molecular weight excluding hydrogens is 166 g/mol. The van der Waals surface area contributed by atoms with Gasteiger partial charge in [-0.25, -0.2) is 0 Å². The highest BCUT2D eigenvalue weighted by Crippen LogP contribution is 2.43. The molecule has 3 nitrogen and oxygen atoms in total. The number of amides is 1. The largest absolute Gasteiger partial charge is 0.393 e. The zero-order chi connectivity index (χ0) is 9.80. The number of fused-ring (bicyclic) bond motifs is 1. The molecule has 0 radical (unpaired) electrons. The Morgan fingerprint density at radius 2 is 2.08 bits per heavy atom. The Kier molecular flexibility index (Phi) is 1.71. The summed E-state index contributed by atoms with van der Waals surface area (Å²) in [4.78, 5) is 13.7. The summed E-state index contributed by atoms with van der Waals surface area (Å²) < 4.78 is 0. The molecule has 0 aromatic carbocycles. The third-order valence-corrected chi connectivity index (χ3v) is 3.18. The van der Waals surface area contributed by atoms with E-state index >= 15 is 0 Å². The molecule has 3 atom stereocenters. The van der Waals surface area contributed by atoms with Crippen molar-refractivity contribution in [3.63, 3.8) is 0 Å². The van der Waals surface area contributed by atoms with E-state index in [-0.39, 0.29) is 17.4 Å². The maximum absolute atomic E-state index is 11.8. The molecule has 2 rings (SSSR count). The summed E-state index contributed by atoms with van der Waals surface area (Å²) in [5.41, 5.74) is -0.272. The molecule has 0 aromatic rings. The summed E-state index contributed by atoms with van der Waals surface area (Å²) in [6, 6.07) is 0.349. The van der Waals surface area contributed by atoms with Crippen LogP contribution in [0.4, 0.5) is 0 Å². The molecule has 2 fully saturated rings. The van der Waals surface area contributed by atoms with Crippen molar-refractivity contribution in [2.75, 3.05) is 6.54 Å². The van der Waals surface area contributed by atoms with E-state index < -0.39 is 0 Å². The standard InChI is InChI=1S/C10H17NO2/c1-10(2,3)9(13)11-5-6-7(11)4-8(6)12/h6-8,12H,4-5H2,1-3H3. The first-order valence-corrected chi connectivity index (χ1v) is 4.90. The maximum Gasteiger partial charge on any atom is 0.228 e. The predicted molar refractivity (Wildman–Crippen MR) is 49.1 cm³/mol. The Morgan fingerprint density at radius 1 is 1.46 bits per heavy atom. The fourth-order valence-corrected chi connectivity index (χ4v) is 2.15. The van der Waals surface area contributed by atoms with Gasteiger partial charge in [-0.3, -0.25) is 4.79 Å². The highest BCUT2D eigenvalue weighted by molar-refractivity contribution is 5.83. The van der Waals surface area contributed by atoms with Crippen molar-refractivity contribution >= 4 is 5.91 Å². The molecule has 1 amide bonds. The summed E-state index contributed by atoms with van der Waals surface area (Å²) in [5.74, 6) is 0.604. The first-order chi connectivity index (χ1) is 5.91. The van der Waals surface area contributed by atoms with E-state index in [1.807, 2.05) is 25.7 Å². The van der Waals surface area contributed by atoms with E-state index in [9.17, 15) is 9.90 Å². The van der Waals surface area contributed by atoms with Crippen LogP contribution in [0.3, 0.4) is 0 Å². The lowest BCUT2D eigenvalue weighted by molar-refractivity contribution is -0.182. The van der Waals surface area contributed by atoms with Crippen LogP contribution in [0.15, 0.2) is 0 Å². The highest BCUT2D eigenvalue weighted by Gasteiger charge is 2.55. The molecule has 1 heterocycles. The zero-order valence-electron chi connectivity index (χ0n) is 8.45. The van der Waals surface area contributed by atoms with Gasteiger partial charge in [-0.1, -0.05) is 20.8 Å². The van der Waals surface area contributed by atoms with Gasteiger partial charge in [0.05, 0.1) is 6.10 Å². The van der Waals surface area contributed by atoms with Crippen molar-refractivity contribution in [2.45, 2.75) is 39.3 Å². The molecule has 74 valence electrons. The third-order valence-electron chi connectivity index (χ3n) is 3.18. The maximum atomic E-state index is 11.8. The Hall–Kier alpha value is -0.570. The number of aliphatic hydroxyl groups excluding tert-OH is 1. The smallest absolute Gasteiger partial charge is 0.228 e. The van der Waals surface area contributed by atoms with Gasteiger partial charge < -0.3 is 10.0 Å². The van der Waals surface area contributed by atoms with E-state index in [0.717, 1.165) is 13.0 Å². The van der Waals surface area contributed by atoms with Gasteiger partial charge in [0.15, 0.2) is 0 Å². The van der Waals surface area contributed by atoms with Gasteiger partial charge in [0.1, 0.15) is 0 Å². The van der Waals surface area contributed by atoms with Crippen LogP contribution >= 0.6 is 0 Å². The van der Waals surface area contributed by atoms with Crippen molar-refractivity contribution in [1.82, 2.24) is 4.90 Å². The van der Waals surface area contributed by atoms with Crippen molar-refractivity contribution in [2.24, 2.45) is 11.3 Å². The van der Waals surface area contributed by atoms with E-state index in [4.69, 9.17) is 0 Å². The van der Waals surface area contributed by atoms with Crippen LogP contribution in [0, 0.1) is 11.3 Å². The molecule has 3 unspecified atom stereocenters. The van der Waals surface area contributed by atoms with Gasteiger partial charge >= 0.3 is 0 Å². The normalized spacial score (nSPS) is 37.5. The predicted octanol–water partition coefficient (Wildman–Crippen LogP) is 0.624. The topological polar surface area (TPSA) is 40.5 Å². The van der Waals surface area contributed by atoms with Crippen molar-refractivity contribution in [1.29, 1.82) is 0 Å². The first kappa shape index (κ1) is 9.00. The molecule has 1 saturated heterocycles. The molecule has 1 N–H and O–H groups in total. The van der Waals surface area contributed by atoms with Crippen molar-refractivity contribution in [3.8, 4) is 0 Å². The number of carbonyl (C=O) groups is 1. The first-order valence-electron chi connectivity index (χ1n) is 4.90. The van der Waals surface area contributed by atoms with Crippen LogP contribution < -0.4 is 0 Å². The Bertz CT molecular complexity index is 244. The van der Waals surface area contributed by atoms with Gasteiger partial charge in [-0.2, -0.15) is 0 Å². The Labute approximate surface area is 78.7 Å². The number of carbonyl (C=O) groups excluding carboxylic acids is 1. The zero-order valence-corrected chi connectivity index (χ0v) is 8.45. The molecule has 0 aromatic heterocycles. The van der Waals surface area contributed by atoms with Gasteiger partial charge in [0, 0.05) is 23.9 Å². The molecule has 2 aliphatic rings. The van der Waals surface area contributed by atoms with E-state index in [1.165, 1.54) is 0 Å². The lowest BCUT2D eigenvalue weighted by Crippen LogP contribution is -2.71. The quantitative estimate of drug-likeness (QED) is 0.598. The van der Waals surface area contributed by atoms with Crippen molar-refractivity contribution in [3.05, 3.63) is 0 Å². The number of aliphatic hydroxyl groups is 1. The second-order valence-electron chi connectivity index (χ2n) is 5.24. The fraction of sp³-hybridized carbons (Fsp3) is 0.900. The number of piperidine rings is 1. The average molecular weight is 183 g/mol. The van der Waals surface area contributed by atoms with Crippen LogP contribution in [-0.4, -0.2) is 34.6 Å². The summed E-state index contributed by atoms with van der Waals surface area (Å²) in [5, 5.41) is 9.30. The van der Waals surface area contributed by atoms with E-state index in [1.54, 1.807) is 0 Å². The molecule has 13 heavy (non-hydrogen) atoms. The number of nitrogens with zero attached hydrogens (tertiary/aromatic N) is 1. The summed E-state index contributed by atoms with van der Waals surface area (Å²) >= 11 is 0. The lowest BCUT2D eigenvalue weighted by Gasteiger charge is -2.59. The van der Waals surface area contributed by atoms with Gasteiger partial charge in [-0.05, 0) is 6.42 Å². The highest BCUT2D eigenvalue weighted by atomic mass is 16.3. The number of hydrogen-bond acceptors (Lipinski definition) is 2. The van der Waals surface area contributed by atoms with E-state index in [0.29, 0.717) is 12.0 Å². The van der Waals surface area contributed by atoms with Crippen LogP contribution in [-0.2, 0) is 4.79 Å². The lowest BCUT2D eigenvalue weighted by atomic mass is 9.67. The summed E-state index contributed by atoms with van der Waals surface area (Å²) in [6.45, 7) is 6.59. The SMILES string of the molecule is CC(C)(C)C(=O)N1CC2C(O)CC21. The minimum Gasteiger partial charge on any atom is -0.393 e. The summed E-state index contributed by atoms with van der Waals surface area (Å²) in [6.07, 6.45) is 0.640.